The summed E-state index contributed by atoms with van der Waals surface area (Å²) in [5.74, 6) is -1.10. The van der Waals surface area contributed by atoms with Crippen molar-refractivity contribution in [1.82, 2.24) is 4.90 Å². The summed E-state index contributed by atoms with van der Waals surface area (Å²) in [5, 5.41) is 4.18. The Labute approximate surface area is 244 Å². The smallest absolute Gasteiger partial charge is 0.294 e. The summed E-state index contributed by atoms with van der Waals surface area (Å²) in [5.41, 5.74) is 1.94. The van der Waals surface area contributed by atoms with Gasteiger partial charge < -0.3 is 10.1 Å². The Hall–Kier alpha value is -3.47. The maximum atomic E-state index is 13.4. The molecule has 4 aromatic rings. The summed E-state index contributed by atoms with van der Waals surface area (Å²) in [7, 11) is 0. The van der Waals surface area contributed by atoms with Crippen LogP contribution in [0.4, 0.5) is 14.9 Å². The number of amides is 3. The van der Waals surface area contributed by atoms with Gasteiger partial charge in [-0.15, -0.1) is 0 Å². The monoisotopic (exact) mass is 668 g/mol. The van der Waals surface area contributed by atoms with E-state index in [-0.39, 0.29) is 10.6 Å². The van der Waals surface area contributed by atoms with E-state index < -0.39 is 29.4 Å². The minimum atomic E-state index is -0.609. The molecule has 1 heterocycles. The quantitative estimate of drug-likeness (QED) is 0.204. The van der Waals surface area contributed by atoms with E-state index in [4.69, 9.17) is 4.74 Å². The molecule has 0 spiro atoms. The molecule has 1 fully saturated rings. The van der Waals surface area contributed by atoms with Crippen molar-refractivity contribution in [2.45, 2.75) is 6.61 Å². The summed E-state index contributed by atoms with van der Waals surface area (Å²) in [6, 6.07) is 23.1. The normalized spacial score (nSPS) is 14.3. The number of nitrogens with one attached hydrogen (secondary N) is 1. The van der Waals surface area contributed by atoms with Crippen molar-refractivity contribution in [2.24, 2.45) is 0 Å². The molecular weight excluding hydrogens is 651 g/mol. The molecule has 39 heavy (non-hydrogen) atoms. The summed E-state index contributed by atoms with van der Waals surface area (Å²) in [4.78, 5) is 38.8. The van der Waals surface area contributed by atoms with Gasteiger partial charge in [0, 0.05) is 5.69 Å². The molecule has 4 aromatic carbocycles. The van der Waals surface area contributed by atoms with Crippen molar-refractivity contribution >= 4 is 83.2 Å². The van der Waals surface area contributed by atoms with Gasteiger partial charge in [-0.25, -0.2) is 4.39 Å². The number of thioether (sulfide) groups is 1. The Balaban J connectivity index is 1.28. The van der Waals surface area contributed by atoms with Crippen LogP contribution in [0.25, 0.3) is 16.8 Å². The molecule has 1 saturated heterocycles. The maximum absolute atomic E-state index is 13.4. The summed E-state index contributed by atoms with van der Waals surface area (Å²) in [6.45, 7) is -0.124. The summed E-state index contributed by atoms with van der Waals surface area (Å²) >= 11 is 7.84. The standard InChI is InChI=1S/C29H19Br2FN2O4S/c30-23-11-17(12-24(31)27(23)38-16-19-7-3-6-18-5-1-2-10-22(18)19)13-25-28(36)34(29(37)39-25)15-26(35)33-21-9-4-8-20(32)14-21/h1-14H,15-16H2,(H,33,35)/b25-13+. The molecule has 196 valence electrons. The number of benzene rings is 4. The number of fused-ring (bicyclic) bond motifs is 1. The number of carbonyl (C=O) groups excluding carboxylic acids is 3. The van der Waals surface area contributed by atoms with Crippen LogP contribution < -0.4 is 10.1 Å². The highest BCUT2D eigenvalue weighted by Crippen LogP contribution is 2.38. The Bertz CT molecular complexity index is 1630. The number of anilines is 1. The fourth-order valence-corrected chi connectivity index (χ4v) is 6.36. The molecule has 0 aliphatic carbocycles. The molecule has 1 aliphatic rings. The zero-order valence-corrected chi connectivity index (χ0v) is 24.1. The van der Waals surface area contributed by atoms with Crippen LogP contribution in [0.5, 0.6) is 5.75 Å². The minimum Gasteiger partial charge on any atom is -0.487 e. The van der Waals surface area contributed by atoms with Crippen LogP contribution in [-0.4, -0.2) is 28.5 Å². The summed E-state index contributed by atoms with van der Waals surface area (Å²) in [6.07, 6.45) is 1.58. The van der Waals surface area contributed by atoms with Gasteiger partial charge >= 0.3 is 0 Å². The SMILES string of the molecule is O=C(CN1C(=O)S/C(=C/c2cc(Br)c(OCc3cccc4ccccc34)c(Br)c2)C1=O)Nc1cccc(F)c1. The van der Waals surface area contributed by atoms with E-state index in [0.717, 1.165) is 39.1 Å². The number of halogens is 3. The zero-order chi connectivity index (χ0) is 27.5. The largest absolute Gasteiger partial charge is 0.487 e. The molecule has 10 heteroatoms. The van der Waals surface area contributed by atoms with E-state index in [9.17, 15) is 18.8 Å². The second-order valence-electron chi connectivity index (χ2n) is 8.57. The first-order chi connectivity index (χ1) is 18.8. The first kappa shape index (κ1) is 27.1. The molecule has 0 aromatic heterocycles. The molecule has 0 saturated carbocycles. The number of ether oxygens (including phenoxy) is 1. The van der Waals surface area contributed by atoms with E-state index in [1.165, 1.54) is 18.2 Å². The number of carbonyl (C=O) groups is 3. The average molecular weight is 670 g/mol. The van der Waals surface area contributed by atoms with E-state index in [1.54, 1.807) is 18.2 Å². The number of hydrogen-bond donors (Lipinski definition) is 1. The molecule has 0 atom stereocenters. The van der Waals surface area contributed by atoms with Crippen molar-refractivity contribution < 1.29 is 23.5 Å². The number of rotatable bonds is 7. The van der Waals surface area contributed by atoms with Crippen molar-refractivity contribution in [3.63, 3.8) is 0 Å². The number of nitrogens with zero attached hydrogens (tertiary/aromatic N) is 1. The van der Waals surface area contributed by atoms with Crippen LogP contribution in [-0.2, 0) is 16.2 Å². The van der Waals surface area contributed by atoms with Crippen molar-refractivity contribution in [2.75, 3.05) is 11.9 Å². The molecule has 3 amide bonds. The predicted octanol–water partition coefficient (Wildman–Crippen LogP) is 7.76. The maximum Gasteiger partial charge on any atom is 0.294 e. The van der Waals surface area contributed by atoms with Crippen molar-refractivity contribution in [3.8, 4) is 5.75 Å². The Morgan fingerprint density at radius 3 is 2.46 bits per heavy atom. The predicted molar refractivity (Wildman–Crippen MR) is 158 cm³/mol. The van der Waals surface area contributed by atoms with Crippen molar-refractivity contribution in [1.29, 1.82) is 0 Å². The topological polar surface area (TPSA) is 75.7 Å². The lowest BCUT2D eigenvalue weighted by molar-refractivity contribution is -0.127. The molecular formula is C29H19Br2FN2O4S. The lowest BCUT2D eigenvalue weighted by Crippen LogP contribution is -2.36. The van der Waals surface area contributed by atoms with E-state index >= 15 is 0 Å². The third kappa shape index (κ3) is 6.24. The third-order valence-electron chi connectivity index (χ3n) is 5.85. The first-order valence-electron chi connectivity index (χ1n) is 11.7. The van der Waals surface area contributed by atoms with E-state index in [2.05, 4.69) is 55.4 Å². The van der Waals surface area contributed by atoms with Gasteiger partial charge in [0.2, 0.25) is 5.91 Å². The van der Waals surface area contributed by atoms with Crippen LogP contribution in [0, 0.1) is 5.82 Å². The van der Waals surface area contributed by atoms with Crippen LogP contribution in [0.1, 0.15) is 11.1 Å². The molecule has 1 N–H and O–H groups in total. The van der Waals surface area contributed by atoms with Crippen LogP contribution in [0.3, 0.4) is 0 Å². The molecule has 6 nitrogen and oxygen atoms in total. The van der Waals surface area contributed by atoms with Crippen molar-refractivity contribution in [3.05, 3.63) is 110 Å². The van der Waals surface area contributed by atoms with Gasteiger partial charge in [-0.05, 0) is 102 Å². The average Bonchev–Trinajstić information content (AvgIpc) is 3.15. The van der Waals surface area contributed by atoms with Gasteiger partial charge in [-0.2, -0.15) is 0 Å². The molecule has 0 unspecified atom stereocenters. The second-order valence-corrected chi connectivity index (χ2v) is 11.3. The van der Waals surface area contributed by atoms with Crippen LogP contribution in [0.15, 0.2) is 92.7 Å². The lowest BCUT2D eigenvalue weighted by Gasteiger charge is -2.13. The molecule has 5 rings (SSSR count). The van der Waals surface area contributed by atoms with E-state index in [0.29, 0.717) is 26.9 Å². The minimum absolute atomic E-state index is 0.182. The number of imide groups is 1. The van der Waals surface area contributed by atoms with Gasteiger partial charge in [0.15, 0.2) is 0 Å². The fourth-order valence-electron chi connectivity index (χ4n) is 4.07. The highest BCUT2D eigenvalue weighted by atomic mass is 79.9. The van der Waals surface area contributed by atoms with Gasteiger partial charge in [0.1, 0.15) is 24.7 Å². The Morgan fingerprint density at radius 1 is 0.974 bits per heavy atom. The highest BCUT2D eigenvalue weighted by Gasteiger charge is 2.36. The Kier molecular flexibility index (Phi) is 8.15. The highest BCUT2D eigenvalue weighted by molar-refractivity contribution is 9.11. The first-order valence-corrected chi connectivity index (χ1v) is 14.1. The lowest BCUT2D eigenvalue weighted by atomic mass is 10.1. The molecule has 1 aliphatic heterocycles. The third-order valence-corrected chi connectivity index (χ3v) is 7.94. The molecule has 0 bridgehead atoms. The van der Waals surface area contributed by atoms with Gasteiger partial charge in [-0.1, -0.05) is 48.5 Å². The van der Waals surface area contributed by atoms with Gasteiger partial charge in [-0.3, -0.25) is 19.3 Å². The second kappa shape index (κ2) is 11.7. The fraction of sp³-hybridized carbons (Fsp3) is 0.0690. The van der Waals surface area contributed by atoms with Crippen LogP contribution >= 0.6 is 43.6 Å². The number of hydrogen-bond acceptors (Lipinski definition) is 5. The van der Waals surface area contributed by atoms with Crippen LogP contribution in [0.2, 0.25) is 0 Å². The van der Waals surface area contributed by atoms with Gasteiger partial charge in [0.25, 0.3) is 11.1 Å². The van der Waals surface area contributed by atoms with E-state index in [1.807, 2.05) is 24.3 Å². The molecule has 0 radical (unpaired) electrons. The Morgan fingerprint density at radius 2 is 1.69 bits per heavy atom. The summed E-state index contributed by atoms with van der Waals surface area (Å²) < 4.78 is 20.8. The zero-order valence-electron chi connectivity index (χ0n) is 20.1. The van der Waals surface area contributed by atoms with Gasteiger partial charge in [0.05, 0.1) is 13.9 Å².